The summed E-state index contributed by atoms with van der Waals surface area (Å²) in [6.07, 6.45) is 3.37. The maximum atomic E-state index is 12.9. The minimum absolute atomic E-state index is 0.0913. The molecule has 2 heterocycles. The van der Waals surface area contributed by atoms with Crippen LogP contribution in [0.2, 0.25) is 10.0 Å². The average Bonchev–Trinajstić information content (AvgIpc) is 3.42. The minimum atomic E-state index is -3.70. The highest BCUT2D eigenvalue weighted by Crippen LogP contribution is 2.30. The van der Waals surface area contributed by atoms with Crippen LogP contribution < -0.4 is 4.80 Å². The van der Waals surface area contributed by atoms with Crippen LogP contribution in [0.25, 0.3) is 10.2 Å². The summed E-state index contributed by atoms with van der Waals surface area (Å²) >= 11 is 13.8. The first-order chi connectivity index (χ1) is 16.2. The Hall–Kier alpha value is -2.01. The van der Waals surface area contributed by atoms with E-state index in [1.165, 1.54) is 47.0 Å². The molecule has 1 atom stereocenters. The van der Waals surface area contributed by atoms with Crippen molar-refractivity contribution in [3.8, 4) is 0 Å². The molecule has 2 aromatic carbocycles. The highest BCUT2D eigenvalue weighted by molar-refractivity contribution is 7.89. The van der Waals surface area contributed by atoms with E-state index in [9.17, 15) is 13.2 Å². The molecule has 1 aliphatic rings. The monoisotopic (exact) mass is 539 g/mol. The Morgan fingerprint density at radius 3 is 2.71 bits per heavy atom. The molecular weight excluding hydrogens is 517 g/mol. The van der Waals surface area contributed by atoms with E-state index in [1.54, 1.807) is 22.8 Å². The Morgan fingerprint density at radius 2 is 2.06 bits per heavy atom. The highest BCUT2D eigenvalue weighted by Gasteiger charge is 2.26. The van der Waals surface area contributed by atoms with Crippen LogP contribution in [0.15, 0.2) is 58.9 Å². The van der Waals surface area contributed by atoms with Crippen molar-refractivity contribution in [1.29, 1.82) is 0 Å². The molecule has 0 aliphatic carbocycles. The first-order valence-corrected chi connectivity index (χ1v) is 13.6. The molecule has 0 spiro atoms. The summed E-state index contributed by atoms with van der Waals surface area (Å²) in [5.41, 5.74) is 0.991. The number of hydrogen-bond donors (Lipinski definition) is 0. The van der Waals surface area contributed by atoms with E-state index in [0.29, 0.717) is 34.5 Å². The van der Waals surface area contributed by atoms with Gasteiger partial charge >= 0.3 is 0 Å². The first-order valence-electron chi connectivity index (χ1n) is 10.6. The second-order valence-electron chi connectivity index (χ2n) is 7.88. The first kappa shape index (κ1) is 25.1. The number of hydrogen-bond acceptors (Lipinski definition) is 5. The van der Waals surface area contributed by atoms with Crippen molar-refractivity contribution >= 4 is 60.7 Å². The van der Waals surface area contributed by atoms with Crippen molar-refractivity contribution in [1.82, 2.24) is 8.87 Å². The van der Waals surface area contributed by atoms with Gasteiger partial charge < -0.3 is 9.30 Å². The Kier molecular flexibility index (Phi) is 7.61. The third kappa shape index (κ3) is 5.15. The van der Waals surface area contributed by atoms with E-state index in [4.69, 9.17) is 27.9 Å². The van der Waals surface area contributed by atoms with E-state index < -0.39 is 15.9 Å². The van der Waals surface area contributed by atoms with Gasteiger partial charge in [0, 0.05) is 37.3 Å². The van der Waals surface area contributed by atoms with E-state index >= 15 is 0 Å². The van der Waals surface area contributed by atoms with Gasteiger partial charge in [0.25, 0.3) is 5.91 Å². The molecule has 4 rings (SSSR count). The summed E-state index contributed by atoms with van der Waals surface area (Å²) in [6, 6.07) is 9.18. The van der Waals surface area contributed by atoms with Crippen molar-refractivity contribution in [2.24, 2.45) is 4.99 Å². The fourth-order valence-corrected chi connectivity index (χ4v) is 6.81. The predicted octanol–water partition coefficient (Wildman–Crippen LogP) is 4.74. The van der Waals surface area contributed by atoms with Crippen LogP contribution in [0.3, 0.4) is 0 Å². The summed E-state index contributed by atoms with van der Waals surface area (Å²) < 4.78 is 35.2. The number of sulfonamides is 1. The Morgan fingerprint density at radius 1 is 1.32 bits per heavy atom. The van der Waals surface area contributed by atoms with Crippen LogP contribution in [-0.2, 0) is 21.3 Å². The van der Waals surface area contributed by atoms with Gasteiger partial charge in [-0.25, -0.2) is 8.42 Å². The molecule has 1 saturated heterocycles. The smallest absolute Gasteiger partial charge is 0.279 e. The van der Waals surface area contributed by atoms with Gasteiger partial charge in [-0.05, 0) is 49.2 Å². The number of likely N-dealkylation sites (N-methyl/N-ethyl adjacent to an activating group) is 1. The topological polar surface area (TPSA) is 81.0 Å². The third-order valence-electron chi connectivity index (χ3n) is 5.50. The fourth-order valence-electron chi connectivity index (χ4n) is 3.79. The molecule has 34 heavy (non-hydrogen) atoms. The summed E-state index contributed by atoms with van der Waals surface area (Å²) in [5, 5.41) is 0.944. The number of carbonyl (C=O) groups is 1. The van der Waals surface area contributed by atoms with Gasteiger partial charge in [-0.1, -0.05) is 40.6 Å². The van der Waals surface area contributed by atoms with Crippen LogP contribution >= 0.6 is 34.5 Å². The van der Waals surface area contributed by atoms with E-state index in [0.717, 1.165) is 23.1 Å². The predicted molar refractivity (Wildman–Crippen MR) is 135 cm³/mol. The lowest BCUT2D eigenvalue weighted by atomic mass is 10.2. The zero-order valence-electron chi connectivity index (χ0n) is 18.4. The number of allylic oxidation sites excluding steroid dienone is 1. The molecule has 1 aromatic heterocycles. The molecule has 3 aromatic rings. The van der Waals surface area contributed by atoms with Gasteiger partial charge in [0.1, 0.15) is 0 Å². The normalized spacial score (nSPS) is 17.1. The van der Waals surface area contributed by atoms with Crippen LogP contribution in [0.4, 0.5) is 0 Å². The van der Waals surface area contributed by atoms with Crippen LogP contribution in [0.1, 0.15) is 23.2 Å². The largest absolute Gasteiger partial charge is 0.377 e. The Labute approximate surface area is 211 Å². The molecule has 0 N–H and O–H groups in total. The van der Waals surface area contributed by atoms with Gasteiger partial charge in [-0.15, -0.1) is 6.58 Å². The highest BCUT2D eigenvalue weighted by atomic mass is 35.5. The average molecular weight is 540 g/mol. The molecule has 0 radical (unpaired) electrons. The number of thiazole rings is 1. The lowest BCUT2D eigenvalue weighted by Crippen LogP contribution is -2.34. The van der Waals surface area contributed by atoms with Gasteiger partial charge in [-0.2, -0.15) is 9.30 Å². The quantitative estimate of drug-likeness (QED) is 0.406. The Balaban J connectivity index is 1.62. The van der Waals surface area contributed by atoms with E-state index in [-0.39, 0.29) is 16.6 Å². The maximum absolute atomic E-state index is 12.9. The number of fused-ring (bicyclic) bond motifs is 1. The fraction of sp³-hybridized carbons (Fsp3) is 0.304. The van der Waals surface area contributed by atoms with Gasteiger partial charge in [0.15, 0.2) is 4.80 Å². The third-order valence-corrected chi connectivity index (χ3v) is 8.87. The number of amides is 1. The summed E-state index contributed by atoms with van der Waals surface area (Å²) in [7, 11) is -2.17. The summed E-state index contributed by atoms with van der Waals surface area (Å²) in [4.78, 5) is 17.7. The molecule has 0 saturated carbocycles. The zero-order chi connectivity index (χ0) is 24.5. The molecule has 180 valence electrons. The van der Waals surface area contributed by atoms with Crippen molar-refractivity contribution in [3.05, 3.63) is 69.5 Å². The lowest BCUT2D eigenvalue weighted by molar-refractivity contribution is 0.0979. The number of rotatable bonds is 7. The number of ether oxygens (including phenoxy) is 1. The molecule has 1 amide bonds. The second-order valence-corrected chi connectivity index (χ2v) is 11.8. The van der Waals surface area contributed by atoms with Crippen LogP contribution in [0.5, 0.6) is 0 Å². The molecular formula is C23H23Cl2N3O4S2. The molecule has 1 aliphatic heterocycles. The van der Waals surface area contributed by atoms with Gasteiger partial charge in [-0.3, -0.25) is 4.79 Å². The van der Waals surface area contributed by atoms with E-state index in [2.05, 4.69) is 11.6 Å². The minimum Gasteiger partial charge on any atom is -0.377 e. The van der Waals surface area contributed by atoms with Crippen LogP contribution in [0, 0.1) is 0 Å². The molecule has 1 unspecified atom stereocenters. The number of carbonyl (C=O) groups excluding carboxylic acids is 1. The van der Waals surface area contributed by atoms with Crippen LogP contribution in [-0.4, -0.2) is 49.5 Å². The standard InChI is InChI=1S/C23H23Cl2N3O4S2/c1-3-10-28-21-19(25)12-16(24)13-20(21)33-23(28)26-22(29)15-6-8-18(9-7-15)34(30,31)27(2)14-17-5-4-11-32-17/h3,6-9,12-13,17H,1,4-5,10-11,14H2,2H3. The molecule has 0 bridgehead atoms. The maximum Gasteiger partial charge on any atom is 0.279 e. The SMILES string of the molecule is C=CCn1c(=NC(=O)c2ccc(S(=O)(=O)N(C)CC3CCCO3)cc2)sc2cc(Cl)cc(Cl)c21. The van der Waals surface area contributed by atoms with Crippen molar-refractivity contribution in [3.63, 3.8) is 0 Å². The van der Waals surface area contributed by atoms with Gasteiger partial charge in [0.2, 0.25) is 10.0 Å². The number of aromatic nitrogens is 1. The molecule has 11 heteroatoms. The number of benzene rings is 2. The second kappa shape index (κ2) is 10.3. The summed E-state index contributed by atoms with van der Waals surface area (Å²) in [5.74, 6) is -0.497. The van der Waals surface area contributed by atoms with Crippen molar-refractivity contribution in [2.75, 3.05) is 20.2 Å². The van der Waals surface area contributed by atoms with Crippen molar-refractivity contribution in [2.45, 2.75) is 30.4 Å². The Bertz CT molecular complexity index is 1410. The molecule has 7 nitrogen and oxygen atoms in total. The van der Waals surface area contributed by atoms with Crippen molar-refractivity contribution < 1.29 is 17.9 Å². The van der Waals surface area contributed by atoms with Gasteiger partial charge in [0.05, 0.1) is 26.2 Å². The lowest BCUT2D eigenvalue weighted by Gasteiger charge is -2.20. The number of nitrogens with zero attached hydrogens (tertiary/aromatic N) is 3. The number of halogens is 2. The van der Waals surface area contributed by atoms with E-state index in [1.807, 2.05) is 0 Å². The zero-order valence-corrected chi connectivity index (χ0v) is 21.6. The molecule has 1 fully saturated rings. The summed E-state index contributed by atoms with van der Waals surface area (Å²) in [6.45, 7) is 5.12.